The zero-order valence-corrected chi connectivity index (χ0v) is 18.2. The van der Waals surface area contributed by atoms with E-state index in [4.69, 9.17) is 5.73 Å². The van der Waals surface area contributed by atoms with Crippen molar-refractivity contribution < 1.29 is 20.4 Å². The molecule has 6 N–H and O–H groups in total. The monoisotopic (exact) mass is 389 g/mol. The van der Waals surface area contributed by atoms with Gasteiger partial charge in [-0.15, -0.1) is 0 Å². The topological polar surface area (TPSA) is 107 Å². The predicted molar refractivity (Wildman–Crippen MR) is 112 cm³/mol. The summed E-state index contributed by atoms with van der Waals surface area (Å²) in [7, 11) is 0. The van der Waals surface area contributed by atoms with Gasteiger partial charge in [0.1, 0.15) is 0 Å². The largest absolute Gasteiger partial charge is 0.393 e. The van der Waals surface area contributed by atoms with E-state index < -0.39 is 24.4 Å². The first kappa shape index (κ1) is 26.8. The van der Waals surface area contributed by atoms with Crippen molar-refractivity contribution in [2.75, 3.05) is 0 Å². The molecule has 27 heavy (non-hydrogen) atoms. The summed E-state index contributed by atoms with van der Waals surface area (Å²) in [5, 5.41) is 40.1. The summed E-state index contributed by atoms with van der Waals surface area (Å²) in [6.45, 7) is 8.06. The molecule has 0 aliphatic carbocycles. The molecule has 0 unspecified atom stereocenters. The Morgan fingerprint density at radius 1 is 0.704 bits per heavy atom. The third-order valence-corrected chi connectivity index (χ3v) is 5.74. The van der Waals surface area contributed by atoms with Gasteiger partial charge in [-0.1, -0.05) is 65.7 Å². The zero-order valence-electron chi connectivity index (χ0n) is 18.2. The van der Waals surface area contributed by atoms with Crippen molar-refractivity contribution in [2.24, 2.45) is 17.6 Å². The van der Waals surface area contributed by atoms with Crippen molar-refractivity contribution in [2.45, 2.75) is 129 Å². The van der Waals surface area contributed by atoms with Gasteiger partial charge in [0.05, 0.1) is 24.4 Å². The minimum absolute atomic E-state index is 0.152. The van der Waals surface area contributed by atoms with Crippen LogP contribution in [0.4, 0.5) is 0 Å². The molecule has 0 aromatic carbocycles. The van der Waals surface area contributed by atoms with Crippen LogP contribution in [0.1, 0.15) is 98.3 Å². The quantitative estimate of drug-likeness (QED) is 0.245. The van der Waals surface area contributed by atoms with Crippen LogP contribution < -0.4 is 5.73 Å². The standard InChI is InChI=1S/C22H47NO4/c1-5-6-12-17(3)22(27)21(26)14-16(2)11-9-7-8-10-13-19(24)15-20(25)18(4)23/h16-22,24-27H,5-15,23H2,1-4H3/t16-,17+,18-,19+,20-,21-,22+/m0/s1. The molecule has 0 saturated carbocycles. The van der Waals surface area contributed by atoms with Crippen molar-refractivity contribution in [1.29, 1.82) is 0 Å². The SMILES string of the molecule is CCCC[C@@H](C)[C@@H](O)[C@@H](O)C[C@@H](C)CCCCCC[C@@H](O)C[C@H](O)[C@H](C)N. The molecule has 0 saturated heterocycles. The van der Waals surface area contributed by atoms with Gasteiger partial charge in [0.25, 0.3) is 0 Å². The van der Waals surface area contributed by atoms with Crippen LogP contribution in [0.2, 0.25) is 0 Å². The molecule has 0 amide bonds. The van der Waals surface area contributed by atoms with E-state index in [9.17, 15) is 20.4 Å². The first-order valence-corrected chi connectivity index (χ1v) is 11.2. The lowest BCUT2D eigenvalue weighted by molar-refractivity contribution is -0.0262. The van der Waals surface area contributed by atoms with Crippen LogP contribution in [0, 0.1) is 11.8 Å². The molecule has 5 nitrogen and oxygen atoms in total. The fourth-order valence-electron chi connectivity index (χ4n) is 3.58. The summed E-state index contributed by atoms with van der Waals surface area (Å²) < 4.78 is 0. The highest BCUT2D eigenvalue weighted by Crippen LogP contribution is 2.22. The summed E-state index contributed by atoms with van der Waals surface area (Å²) >= 11 is 0. The summed E-state index contributed by atoms with van der Waals surface area (Å²) in [6, 6.07) is -0.301. The number of nitrogens with two attached hydrogens (primary N) is 1. The number of hydrogen-bond acceptors (Lipinski definition) is 5. The number of hydrogen-bond donors (Lipinski definition) is 5. The third kappa shape index (κ3) is 13.6. The summed E-state index contributed by atoms with van der Waals surface area (Å²) in [5.74, 6) is 0.555. The smallest absolute Gasteiger partial charge is 0.0824 e. The van der Waals surface area contributed by atoms with E-state index in [0.717, 1.165) is 51.4 Å². The lowest BCUT2D eigenvalue weighted by Gasteiger charge is -2.26. The summed E-state index contributed by atoms with van der Waals surface area (Å²) in [6.07, 6.45) is 7.84. The maximum atomic E-state index is 10.3. The van der Waals surface area contributed by atoms with Gasteiger partial charge in [0.15, 0.2) is 0 Å². The number of aliphatic hydroxyl groups excluding tert-OH is 4. The number of unbranched alkanes of at least 4 members (excludes halogenated alkanes) is 4. The normalized spacial score (nSPS) is 19.9. The zero-order chi connectivity index (χ0) is 20.8. The second kappa shape index (κ2) is 15.7. The number of aliphatic hydroxyl groups is 4. The molecule has 0 aromatic rings. The highest BCUT2D eigenvalue weighted by molar-refractivity contribution is 4.75. The Hall–Kier alpha value is -0.200. The fourth-order valence-corrected chi connectivity index (χ4v) is 3.58. The maximum Gasteiger partial charge on any atom is 0.0824 e. The molecule has 0 rings (SSSR count). The predicted octanol–water partition coefficient (Wildman–Crippen LogP) is 3.36. The van der Waals surface area contributed by atoms with Gasteiger partial charge in [-0.3, -0.25) is 0 Å². The van der Waals surface area contributed by atoms with Crippen LogP contribution in [0.15, 0.2) is 0 Å². The van der Waals surface area contributed by atoms with Crippen molar-refractivity contribution in [3.63, 3.8) is 0 Å². The van der Waals surface area contributed by atoms with E-state index in [1.165, 1.54) is 0 Å². The molecule has 0 heterocycles. The number of rotatable bonds is 17. The second-order valence-corrected chi connectivity index (χ2v) is 8.83. The van der Waals surface area contributed by atoms with Crippen molar-refractivity contribution >= 4 is 0 Å². The summed E-state index contributed by atoms with van der Waals surface area (Å²) in [4.78, 5) is 0. The Labute approximate surface area is 167 Å². The molecule has 0 radical (unpaired) electrons. The van der Waals surface area contributed by atoms with E-state index in [-0.39, 0.29) is 12.0 Å². The van der Waals surface area contributed by atoms with Crippen LogP contribution in [0.3, 0.4) is 0 Å². The van der Waals surface area contributed by atoms with Gasteiger partial charge in [0.2, 0.25) is 0 Å². The van der Waals surface area contributed by atoms with Gasteiger partial charge in [-0.2, -0.15) is 0 Å². The first-order valence-electron chi connectivity index (χ1n) is 11.2. The molecular weight excluding hydrogens is 342 g/mol. The molecule has 0 aliphatic rings. The van der Waals surface area contributed by atoms with Crippen molar-refractivity contribution in [1.82, 2.24) is 0 Å². The Morgan fingerprint density at radius 3 is 1.85 bits per heavy atom. The van der Waals surface area contributed by atoms with Crippen molar-refractivity contribution in [3.8, 4) is 0 Å². The Morgan fingerprint density at radius 2 is 1.30 bits per heavy atom. The van der Waals surface area contributed by atoms with Crippen LogP contribution in [0.25, 0.3) is 0 Å². The minimum Gasteiger partial charge on any atom is -0.393 e. The lowest BCUT2D eigenvalue weighted by Crippen LogP contribution is -2.34. The average Bonchev–Trinajstić information content (AvgIpc) is 2.61. The molecule has 0 spiro atoms. The Kier molecular flexibility index (Phi) is 15.6. The highest BCUT2D eigenvalue weighted by atomic mass is 16.3. The molecule has 0 bridgehead atoms. The van der Waals surface area contributed by atoms with Crippen LogP contribution in [0.5, 0.6) is 0 Å². The Bertz CT molecular complexity index is 340. The van der Waals surface area contributed by atoms with Gasteiger partial charge in [-0.25, -0.2) is 0 Å². The van der Waals surface area contributed by atoms with E-state index in [1.807, 2.05) is 6.92 Å². The van der Waals surface area contributed by atoms with E-state index >= 15 is 0 Å². The van der Waals surface area contributed by atoms with E-state index in [2.05, 4.69) is 13.8 Å². The first-order chi connectivity index (χ1) is 12.7. The van der Waals surface area contributed by atoms with Gasteiger partial charge in [0, 0.05) is 12.5 Å². The molecule has 0 aliphatic heterocycles. The van der Waals surface area contributed by atoms with E-state index in [1.54, 1.807) is 6.92 Å². The van der Waals surface area contributed by atoms with Gasteiger partial charge < -0.3 is 26.2 Å². The molecule has 164 valence electrons. The van der Waals surface area contributed by atoms with Crippen LogP contribution in [-0.2, 0) is 0 Å². The van der Waals surface area contributed by atoms with E-state index in [0.29, 0.717) is 25.2 Å². The third-order valence-electron chi connectivity index (χ3n) is 5.74. The van der Waals surface area contributed by atoms with Gasteiger partial charge >= 0.3 is 0 Å². The lowest BCUT2D eigenvalue weighted by atomic mass is 9.88. The molecule has 0 aromatic heterocycles. The summed E-state index contributed by atoms with van der Waals surface area (Å²) in [5.41, 5.74) is 5.60. The average molecular weight is 390 g/mol. The Balaban J connectivity index is 3.77. The molecular formula is C22H47NO4. The second-order valence-electron chi connectivity index (χ2n) is 8.83. The molecule has 5 heteroatoms. The van der Waals surface area contributed by atoms with Crippen LogP contribution >= 0.6 is 0 Å². The van der Waals surface area contributed by atoms with Crippen molar-refractivity contribution in [3.05, 3.63) is 0 Å². The maximum absolute atomic E-state index is 10.3. The molecule has 0 fully saturated rings. The molecule has 7 atom stereocenters. The minimum atomic E-state index is -0.632. The fraction of sp³-hybridized carbons (Fsp3) is 1.00. The van der Waals surface area contributed by atoms with Gasteiger partial charge in [-0.05, 0) is 38.0 Å². The van der Waals surface area contributed by atoms with Crippen LogP contribution in [-0.4, -0.2) is 50.9 Å². The highest BCUT2D eigenvalue weighted by Gasteiger charge is 2.24.